The highest BCUT2D eigenvalue weighted by Crippen LogP contribution is 2.23. The number of carboxylic acid groups (broad SMARTS) is 2. The first-order valence-corrected chi connectivity index (χ1v) is 13.7. The van der Waals surface area contributed by atoms with E-state index in [1.807, 2.05) is 42.5 Å². The van der Waals surface area contributed by atoms with E-state index < -0.39 is 36.1 Å². The van der Waals surface area contributed by atoms with E-state index in [2.05, 4.69) is 21.3 Å². The largest absolute Gasteiger partial charge is 0.490 e. The Morgan fingerprint density at radius 3 is 1.93 bits per heavy atom. The molecule has 0 saturated heterocycles. The molecule has 1 atom stereocenters. The lowest BCUT2D eigenvalue weighted by Gasteiger charge is -2.18. The quantitative estimate of drug-likeness (QED) is 0.150. The first-order valence-electron chi connectivity index (χ1n) is 13.3. The first kappa shape index (κ1) is 36.1. The van der Waals surface area contributed by atoms with Crippen molar-refractivity contribution in [1.29, 1.82) is 0 Å². The number of carbonyl (C=O) groups excluding carboxylic acids is 3. The minimum Gasteiger partial charge on any atom is -0.481 e. The summed E-state index contributed by atoms with van der Waals surface area (Å²) < 4.78 is 31.7. The third-order valence-corrected chi connectivity index (χ3v) is 6.14. The molecule has 0 fully saturated rings. The van der Waals surface area contributed by atoms with Crippen LogP contribution >= 0.6 is 11.6 Å². The maximum absolute atomic E-state index is 12.4. The minimum absolute atomic E-state index is 0.0964. The number of anilines is 1. The van der Waals surface area contributed by atoms with Crippen molar-refractivity contribution in [3.8, 4) is 11.1 Å². The van der Waals surface area contributed by atoms with Crippen molar-refractivity contribution in [2.75, 3.05) is 18.4 Å². The van der Waals surface area contributed by atoms with Gasteiger partial charge in [-0.1, -0.05) is 78.3 Å². The molecule has 0 aliphatic carbocycles. The molecule has 6 N–H and O–H groups in total. The van der Waals surface area contributed by atoms with Crippen LogP contribution in [-0.4, -0.2) is 59.3 Å². The highest BCUT2D eigenvalue weighted by Gasteiger charge is 2.38. The van der Waals surface area contributed by atoms with E-state index >= 15 is 0 Å². The smallest absolute Gasteiger partial charge is 0.481 e. The number of alkyl halides is 3. The van der Waals surface area contributed by atoms with Crippen LogP contribution in [0, 0.1) is 0 Å². The molecule has 0 aromatic heterocycles. The number of urea groups is 1. The zero-order valence-corrected chi connectivity index (χ0v) is 24.3. The number of rotatable bonds is 12. The Kier molecular flexibility index (Phi) is 14.3. The summed E-state index contributed by atoms with van der Waals surface area (Å²) in [5, 5.41) is 27.3. The van der Waals surface area contributed by atoms with E-state index in [9.17, 15) is 37.5 Å². The van der Waals surface area contributed by atoms with Gasteiger partial charge in [-0.25, -0.2) is 9.59 Å². The zero-order chi connectivity index (χ0) is 33.4. The van der Waals surface area contributed by atoms with Crippen LogP contribution < -0.4 is 21.3 Å². The summed E-state index contributed by atoms with van der Waals surface area (Å²) in [5.41, 5.74) is 3.12. The number of hydrogen-bond donors (Lipinski definition) is 6. The number of benzene rings is 3. The molecule has 0 aliphatic rings. The van der Waals surface area contributed by atoms with Crippen LogP contribution in [0.5, 0.6) is 0 Å². The maximum atomic E-state index is 12.4. The van der Waals surface area contributed by atoms with Crippen molar-refractivity contribution in [3.05, 3.63) is 89.4 Å². The van der Waals surface area contributed by atoms with Gasteiger partial charge in [-0.05, 0) is 35.2 Å². The molecule has 45 heavy (non-hydrogen) atoms. The zero-order valence-electron chi connectivity index (χ0n) is 23.6. The van der Waals surface area contributed by atoms with Crippen molar-refractivity contribution in [3.63, 3.8) is 0 Å². The molecule has 0 saturated carbocycles. The predicted octanol–water partition coefficient (Wildman–Crippen LogP) is 4.99. The Morgan fingerprint density at radius 1 is 0.778 bits per heavy atom. The van der Waals surface area contributed by atoms with Crippen LogP contribution in [0.15, 0.2) is 78.9 Å². The second-order valence-corrected chi connectivity index (χ2v) is 9.66. The molecule has 0 spiro atoms. The van der Waals surface area contributed by atoms with Crippen LogP contribution in [0.25, 0.3) is 11.1 Å². The number of amides is 4. The first-order chi connectivity index (χ1) is 21.3. The third-order valence-electron chi connectivity index (χ3n) is 5.81. The summed E-state index contributed by atoms with van der Waals surface area (Å²) in [6.45, 7) is -0.0486. The molecule has 15 heteroatoms. The van der Waals surface area contributed by atoms with E-state index in [4.69, 9.17) is 21.5 Å². The normalized spacial score (nSPS) is 11.2. The lowest BCUT2D eigenvalue weighted by molar-refractivity contribution is -0.192. The van der Waals surface area contributed by atoms with Gasteiger partial charge in [-0.15, -0.1) is 0 Å². The average molecular weight is 651 g/mol. The molecule has 11 nitrogen and oxygen atoms in total. The summed E-state index contributed by atoms with van der Waals surface area (Å²) in [7, 11) is 0. The van der Waals surface area contributed by atoms with E-state index in [0.29, 0.717) is 22.7 Å². The Bertz CT molecular complexity index is 1460. The average Bonchev–Trinajstić information content (AvgIpc) is 2.99. The predicted molar refractivity (Wildman–Crippen MR) is 159 cm³/mol. The number of carboxylic acids is 2. The van der Waals surface area contributed by atoms with Gasteiger partial charge in [0.15, 0.2) is 0 Å². The molecule has 3 rings (SSSR count). The summed E-state index contributed by atoms with van der Waals surface area (Å²) in [6.07, 6.45) is -4.93. The Hall–Kier alpha value is -5.11. The van der Waals surface area contributed by atoms with E-state index in [1.165, 1.54) is 0 Å². The lowest BCUT2D eigenvalue weighted by atomic mass is 9.99. The van der Waals surface area contributed by atoms with Gasteiger partial charge in [0.2, 0.25) is 11.8 Å². The second kappa shape index (κ2) is 17.9. The molecule has 4 amide bonds. The van der Waals surface area contributed by atoms with Gasteiger partial charge in [-0.3, -0.25) is 14.4 Å². The Balaban J connectivity index is 0.000000900. The number of aliphatic carboxylic acids is 2. The molecular weight excluding hydrogens is 621 g/mol. The van der Waals surface area contributed by atoms with Gasteiger partial charge in [-0.2, -0.15) is 13.2 Å². The van der Waals surface area contributed by atoms with Crippen molar-refractivity contribution >= 4 is 47.1 Å². The monoisotopic (exact) mass is 650 g/mol. The van der Waals surface area contributed by atoms with Crippen molar-refractivity contribution in [2.45, 2.75) is 31.5 Å². The van der Waals surface area contributed by atoms with Crippen molar-refractivity contribution < 1.29 is 47.4 Å². The highest BCUT2D eigenvalue weighted by molar-refractivity contribution is 6.33. The minimum atomic E-state index is -5.08. The molecule has 0 bridgehead atoms. The van der Waals surface area contributed by atoms with E-state index in [-0.39, 0.29) is 31.8 Å². The summed E-state index contributed by atoms with van der Waals surface area (Å²) >= 11 is 5.99. The van der Waals surface area contributed by atoms with Crippen LogP contribution in [0.2, 0.25) is 5.02 Å². The molecule has 3 aromatic carbocycles. The fourth-order valence-electron chi connectivity index (χ4n) is 3.66. The SMILES string of the molecule is O=C(O)C(F)(F)F.O=C(O)CC(NC(=O)CNC(=O)CCCNC(=O)Nc1ccccc1Cl)c1ccc(-c2ccccc2)cc1. The van der Waals surface area contributed by atoms with Crippen LogP contribution in [0.4, 0.5) is 23.7 Å². The topological polar surface area (TPSA) is 174 Å². The summed E-state index contributed by atoms with van der Waals surface area (Å²) in [4.78, 5) is 56.7. The second-order valence-electron chi connectivity index (χ2n) is 9.25. The van der Waals surface area contributed by atoms with Crippen molar-refractivity contribution in [2.24, 2.45) is 0 Å². The number of halogens is 4. The molecule has 0 heterocycles. The lowest BCUT2D eigenvalue weighted by Crippen LogP contribution is -2.39. The summed E-state index contributed by atoms with van der Waals surface area (Å²) in [5.74, 6) is -4.69. The Morgan fingerprint density at radius 2 is 1.36 bits per heavy atom. The Labute approximate surface area is 260 Å². The summed E-state index contributed by atoms with van der Waals surface area (Å²) in [6, 6.07) is 22.7. The van der Waals surface area contributed by atoms with Crippen molar-refractivity contribution in [1.82, 2.24) is 16.0 Å². The maximum Gasteiger partial charge on any atom is 0.490 e. The van der Waals surface area contributed by atoms with Gasteiger partial charge in [0, 0.05) is 13.0 Å². The van der Waals surface area contributed by atoms with E-state index in [1.54, 1.807) is 36.4 Å². The molecule has 0 aliphatic heterocycles. The fourth-order valence-corrected chi connectivity index (χ4v) is 3.84. The van der Waals surface area contributed by atoms with Gasteiger partial charge in [0.25, 0.3) is 0 Å². The molecule has 0 radical (unpaired) electrons. The van der Waals surface area contributed by atoms with E-state index in [0.717, 1.165) is 11.1 Å². The van der Waals surface area contributed by atoms with Gasteiger partial charge in [0.1, 0.15) is 0 Å². The van der Waals surface area contributed by atoms with Crippen LogP contribution in [-0.2, 0) is 19.2 Å². The molecular formula is C30H30ClF3N4O7. The van der Waals surface area contributed by atoms with Gasteiger partial charge < -0.3 is 31.5 Å². The number of carbonyl (C=O) groups is 5. The third kappa shape index (κ3) is 13.8. The molecule has 3 aromatic rings. The number of hydrogen-bond acceptors (Lipinski definition) is 5. The molecule has 1 unspecified atom stereocenters. The number of nitrogens with one attached hydrogen (secondary N) is 4. The molecule has 240 valence electrons. The van der Waals surface area contributed by atoms with Crippen LogP contribution in [0.1, 0.15) is 30.9 Å². The fraction of sp³-hybridized carbons (Fsp3) is 0.233. The highest BCUT2D eigenvalue weighted by atomic mass is 35.5. The van der Waals surface area contributed by atoms with Gasteiger partial charge in [0.05, 0.1) is 29.7 Å². The van der Waals surface area contributed by atoms with Crippen LogP contribution in [0.3, 0.4) is 0 Å². The number of para-hydroxylation sites is 1. The van der Waals surface area contributed by atoms with Gasteiger partial charge >= 0.3 is 24.1 Å². The standard InChI is InChI=1S/C28H29ClN4O5.C2HF3O2/c29-22-9-4-5-10-23(22)33-28(38)30-16-6-11-25(34)31-18-26(35)32-24(17-27(36)37)21-14-12-20(13-15-21)19-7-2-1-3-8-19;3-2(4,5)1(6)7/h1-5,7-10,12-15,24H,6,11,16-18H2,(H,31,34)(H,32,35)(H,36,37)(H2,30,33,38);(H,6,7).